The first-order valence-electron chi connectivity index (χ1n) is 10.1. The second-order valence-electron chi connectivity index (χ2n) is 7.41. The number of carbonyl (C=O) groups excluding carboxylic acids is 2. The van der Waals surface area contributed by atoms with Gasteiger partial charge in [0.2, 0.25) is 0 Å². The molecule has 2 heterocycles. The van der Waals surface area contributed by atoms with Crippen molar-refractivity contribution in [3.05, 3.63) is 82.4 Å². The predicted octanol–water partition coefficient (Wildman–Crippen LogP) is 4.09. The van der Waals surface area contributed by atoms with Crippen LogP contribution in [0.2, 0.25) is 0 Å². The lowest BCUT2D eigenvalue weighted by Gasteiger charge is -2.26. The molecule has 1 aromatic heterocycles. The standard InChI is InChI=1S/C23H24N4O2S/c28-21(18-8-10-20(11-9-18)27-15-12-24-23(27)30)25-16-17-4-6-19(7-5-17)22(29)26-13-2-1-3-14-26/h4-12,15H,1-3,13-14,16H2,(H,24,30)(H,25,28). The molecule has 1 fully saturated rings. The second kappa shape index (κ2) is 9.09. The van der Waals surface area contributed by atoms with Gasteiger partial charge in [0.25, 0.3) is 11.8 Å². The van der Waals surface area contributed by atoms with E-state index >= 15 is 0 Å². The van der Waals surface area contributed by atoms with Crippen molar-refractivity contribution in [3.8, 4) is 5.69 Å². The van der Waals surface area contributed by atoms with Crippen LogP contribution in [-0.2, 0) is 6.54 Å². The van der Waals surface area contributed by atoms with Crippen LogP contribution in [0.3, 0.4) is 0 Å². The Kier molecular flexibility index (Phi) is 6.09. The number of piperidine rings is 1. The SMILES string of the molecule is O=C(NCc1ccc(C(=O)N2CCCCC2)cc1)c1ccc(-n2cc[nH]c2=S)cc1. The molecule has 0 unspecified atom stereocenters. The average Bonchev–Trinajstić information content (AvgIpc) is 3.24. The van der Waals surface area contributed by atoms with E-state index < -0.39 is 0 Å². The maximum Gasteiger partial charge on any atom is 0.253 e. The van der Waals surface area contributed by atoms with Crippen molar-refractivity contribution in [2.24, 2.45) is 0 Å². The first-order valence-corrected chi connectivity index (χ1v) is 10.6. The Morgan fingerprint density at radius 3 is 2.23 bits per heavy atom. The van der Waals surface area contributed by atoms with E-state index in [0.29, 0.717) is 22.4 Å². The fraction of sp³-hybridized carbons (Fsp3) is 0.261. The third-order valence-electron chi connectivity index (χ3n) is 5.35. The number of hydrogen-bond acceptors (Lipinski definition) is 3. The van der Waals surface area contributed by atoms with E-state index in [2.05, 4.69) is 10.3 Å². The minimum Gasteiger partial charge on any atom is -0.348 e. The highest BCUT2D eigenvalue weighted by Gasteiger charge is 2.17. The lowest BCUT2D eigenvalue weighted by molar-refractivity contribution is 0.0724. The minimum atomic E-state index is -0.146. The van der Waals surface area contributed by atoms with Gasteiger partial charge in [0.1, 0.15) is 0 Å². The van der Waals surface area contributed by atoms with E-state index in [1.165, 1.54) is 6.42 Å². The molecule has 0 saturated carbocycles. The van der Waals surface area contributed by atoms with Crippen molar-refractivity contribution >= 4 is 24.0 Å². The highest BCUT2D eigenvalue weighted by molar-refractivity contribution is 7.71. The zero-order chi connectivity index (χ0) is 20.9. The molecule has 2 N–H and O–H groups in total. The summed E-state index contributed by atoms with van der Waals surface area (Å²) in [5.74, 6) is -0.0550. The monoisotopic (exact) mass is 420 g/mol. The number of likely N-dealkylation sites (tertiary alicyclic amines) is 1. The lowest BCUT2D eigenvalue weighted by Crippen LogP contribution is -2.35. The summed E-state index contributed by atoms with van der Waals surface area (Å²) in [6, 6.07) is 14.8. The summed E-state index contributed by atoms with van der Waals surface area (Å²) in [5.41, 5.74) is 3.13. The van der Waals surface area contributed by atoms with Gasteiger partial charge < -0.3 is 15.2 Å². The van der Waals surface area contributed by atoms with E-state index in [1.807, 2.05) is 52.1 Å². The van der Waals surface area contributed by atoms with Crippen LogP contribution in [0, 0.1) is 4.77 Å². The quantitative estimate of drug-likeness (QED) is 0.611. The fourth-order valence-electron chi connectivity index (χ4n) is 3.63. The number of nitrogens with one attached hydrogen (secondary N) is 2. The molecule has 154 valence electrons. The second-order valence-corrected chi connectivity index (χ2v) is 7.80. The van der Waals surface area contributed by atoms with Crippen molar-refractivity contribution in [3.63, 3.8) is 0 Å². The van der Waals surface area contributed by atoms with Crippen molar-refractivity contribution in [1.29, 1.82) is 0 Å². The van der Waals surface area contributed by atoms with Gasteiger partial charge in [-0.05, 0) is 73.4 Å². The first-order chi connectivity index (χ1) is 14.6. The number of rotatable bonds is 5. The van der Waals surface area contributed by atoms with Gasteiger partial charge in [-0.25, -0.2) is 0 Å². The summed E-state index contributed by atoms with van der Waals surface area (Å²) in [5, 5.41) is 2.93. The molecule has 7 heteroatoms. The maximum absolute atomic E-state index is 12.5. The van der Waals surface area contributed by atoms with Crippen molar-refractivity contribution in [1.82, 2.24) is 19.8 Å². The first kappa shape index (κ1) is 20.1. The molecule has 2 amide bonds. The summed E-state index contributed by atoms with van der Waals surface area (Å²) in [7, 11) is 0. The van der Waals surface area contributed by atoms with Crippen LogP contribution in [0.15, 0.2) is 60.9 Å². The summed E-state index contributed by atoms with van der Waals surface area (Å²) in [6.07, 6.45) is 6.97. The number of aromatic nitrogens is 2. The molecule has 0 atom stereocenters. The van der Waals surface area contributed by atoms with Crippen molar-refractivity contribution < 1.29 is 9.59 Å². The van der Waals surface area contributed by atoms with Gasteiger partial charge in [-0.2, -0.15) is 0 Å². The predicted molar refractivity (Wildman–Crippen MR) is 118 cm³/mol. The molecule has 0 bridgehead atoms. The van der Waals surface area contributed by atoms with E-state index in [1.54, 1.807) is 18.3 Å². The third kappa shape index (κ3) is 4.52. The zero-order valence-corrected chi connectivity index (χ0v) is 17.5. The highest BCUT2D eigenvalue weighted by Crippen LogP contribution is 2.14. The molecule has 30 heavy (non-hydrogen) atoms. The molecule has 0 radical (unpaired) electrons. The smallest absolute Gasteiger partial charge is 0.253 e. The summed E-state index contributed by atoms with van der Waals surface area (Å²) in [6.45, 7) is 2.08. The van der Waals surface area contributed by atoms with E-state index in [-0.39, 0.29) is 11.8 Å². The Morgan fingerprint density at radius 1 is 0.933 bits per heavy atom. The van der Waals surface area contributed by atoms with Crippen molar-refractivity contribution in [2.45, 2.75) is 25.8 Å². The summed E-state index contributed by atoms with van der Waals surface area (Å²) >= 11 is 5.21. The molecular formula is C23H24N4O2S. The Hall–Kier alpha value is -3.19. The van der Waals surface area contributed by atoms with Crippen LogP contribution in [0.1, 0.15) is 45.5 Å². The van der Waals surface area contributed by atoms with Gasteiger partial charge in [-0.15, -0.1) is 0 Å². The molecule has 3 aromatic rings. The van der Waals surface area contributed by atoms with Crippen LogP contribution in [-0.4, -0.2) is 39.4 Å². The Morgan fingerprint density at radius 2 is 1.60 bits per heavy atom. The number of imidazole rings is 1. The largest absolute Gasteiger partial charge is 0.348 e. The van der Waals surface area contributed by atoms with Crippen LogP contribution in [0.4, 0.5) is 0 Å². The average molecular weight is 421 g/mol. The van der Waals surface area contributed by atoms with Gasteiger partial charge in [0.05, 0.1) is 0 Å². The molecule has 4 rings (SSSR count). The number of H-pyrrole nitrogens is 1. The minimum absolute atomic E-state index is 0.0907. The third-order valence-corrected chi connectivity index (χ3v) is 5.67. The molecule has 1 aliphatic rings. The lowest BCUT2D eigenvalue weighted by atomic mass is 10.1. The highest BCUT2D eigenvalue weighted by atomic mass is 32.1. The molecule has 2 aromatic carbocycles. The zero-order valence-electron chi connectivity index (χ0n) is 16.6. The van der Waals surface area contributed by atoms with Crippen LogP contribution in [0.25, 0.3) is 5.69 Å². The molecule has 6 nitrogen and oxygen atoms in total. The number of hydrogen-bond donors (Lipinski definition) is 2. The van der Waals surface area contributed by atoms with Crippen LogP contribution in [0.5, 0.6) is 0 Å². The van der Waals surface area contributed by atoms with Gasteiger partial charge in [0.15, 0.2) is 4.77 Å². The molecule has 1 saturated heterocycles. The molecule has 1 aliphatic heterocycles. The number of carbonyl (C=O) groups is 2. The Bertz CT molecular complexity index is 1080. The van der Waals surface area contributed by atoms with E-state index in [9.17, 15) is 9.59 Å². The number of benzene rings is 2. The number of nitrogens with zero attached hydrogens (tertiary/aromatic N) is 2. The van der Waals surface area contributed by atoms with Gasteiger partial charge in [-0.3, -0.25) is 14.2 Å². The molecular weight excluding hydrogens is 396 g/mol. The summed E-state index contributed by atoms with van der Waals surface area (Å²) in [4.78, 5) is 29.9. The van der Waals surface area contributed by atoms with Crippen LogP contribution >= 0.6 is 12.2 Å². The number of aromatic amines is 1. The normalized spacial score (nSPS) is 13.8. The topological polar surface area (TPSA) is 70.1 Å². The van der Waals surface area contributed by atoms with E-state index in [0.717, 1.165) is 37.2 Å². The Balaban J connectivity index is 1.34. The van der Waals surface area contributed by atoms with Crippen molar-refractivity contribution in [2.75, 3.05) is 13.1 Å². The van der Waals surface area contributed by atoms with Crippen LogP contribution < -0.4 is 5.32 Å². The van der Waals surface area contributed by atoms with E-state index in [4.69, 9.17) is 12.2 Å². The van der Waals surface area contributed by atoms with Gasteiger partial charge in [0, 0.05) is 48.8 Å². The Labute approximate surface area is 180 Å². The van der Waals surface area contributed by atoms with Gasteiger partial charge >= 0.3 is 0 Å². The number of amides is 2. The molecule has 0 aliphatic carbocycles. The summed E-state index contributed by atoms with van der Waals surface area (Å²) < 4.78 is 2.44. The maximum atomic E-state index is 12.5. The fourth-order valence-corrected chi connectivity index (χ4v) is 3.86. The van der Waals surface area contributed by atoms with Gasteiger partial charge in [-0.1, -0.05) is 12.1 Å². The molecule has 0 spiro atoms.